The van der Waals surface area contributed by atoms with E-state index in [1.54, 1.807) is 13.8 Å². The van der Waals surface area contributed by atoms with Gasteiger partial charge in [0.1, 0.15) is 11.3 Å². The lowest BCUT2D eigenvalue weighted by atomic mass is 9.88. The summed E-state index contributed by atoms with van der Waals surface area (Å²) in [6.07, 6.45) is 3.51. The van der Waals surface area contributed by atoms with Gasteiger partial charge in [0.15, 0.2) is 5.70 Å². The van der Waals surface area contributed by atoms with Gasteiger partial charge in [0.2, 0.25) is 0 Å². The van der Waals surface area contributed by atoms with E-state index in [0.717, 1.165) is 10.0 Å². The van der Waals surface area contributed by atoms with Gasteiger partial charge < -0.3 is 22.3 Å². The Morgan fingerprint density at radius 3 is 2.42 bits per heavy atom. The number of hydrogen-bond donors (Lipinski definition) is 0. The molecule has 0 atom stereocenters. The van der Waals surface area contributed by atoms with E-state index in [-0.39, 0.29) is 17.9 Å². The molecule has 0 unspecified atom stereocenters. The van der Waals surface area contributed by atoms with Gasteiger partial charge in [0.05, 0.1) is 6.61 Å². The van der Waals surface area contributed by atoms with Gasteiger partial charge in [-0.05, 0) is 43.5 Å². The van der Waals surface area contributed by atoms with Crippen LogP contribution in [-0.2, 0) is 22.4 Å². The summed E-state index contributed by atoms with van der Waals surface area (Å²) in [5.74, 6) is -0.528. The summed E-state index contributed by atoms with van der Waals surface area (Å²) >= 11 is 0. The molecule has 0 N–H and O–H groups in total. The van der Waals surface area contributed by atoms with E-state index in [9.17, 15) is 4.79 Å². The van der Waals surface area contributed by atoms with Crippen LogP contribution in [0.2, 0.25) is 0 Å². The first-order valence-corrected chi connectivity index (χ1v) is 9.34. The van der Waals surface area contributed by atoms with Gasteiger partial charge in [-0.2, -0.15) is 0 Å². The summed E-state index contributed by atoms with van der Waals surface area (Å²) in [6, 6.07) is 1.88. The van der Waals surface area contributed by atoms with Crippen molar-refractivity contribution in [3.05, 3.63) is 39.9 Å². The van der Waals surface area contributed by atoms with Gasteiger partial charge in [0, 0.05) is 24.3 Å². The first-order chi connectivity index (χ1) is 12.3. The van der Waals surface area contributed by atoms with Crippen LogP contribution in [0.15, 0.2) is 22.9 Å². The monoisotopic (exact) mass is 362 g/mol. The van der Waals surface area contributed by atoms with Crippen LogP contribution in [0.3, 0.4) is 0 Å². The van der Waals surface area contributed by atoms with E-state index < -0.39 is 12.9 Å². The topological polar surface area (TPSA) is 34.2 Å². The van der Waals surface area contributed by atoms with Crippen molar-refractivity contribution in [2.45, 2.75) is 53.9 Å². The molecule has 140 valence electrons. The second-order valence-corrected chi connectivity index (χ2v) is 6.62. The number of ether oxygens (including phenoxy) is 1. The van der Waals surface area contributed by atoms with Crippen molar-refractivity contribution in [3.63, 3.8) is 0 Å². The molecule has 0 aromatic carbocycles. The number of carbonyl (C=O) groups is 1. The lowest BCUT2D eigenvalue weighted by molar-refractivity contribution is -0.363. The molecule has 0 amide bonds. The highest BCUT2D eigenvalue weighted by Crippen LogP contribution is 2.40. The minimum atomic E-state index is -4.06. The molecule has 3 heterocycles. The van der Waals surface area contributed by atoms with E-state index in [1.165, 1.54) is 4.48 Å². The molecule has 0 fully saturated rings. The van der Waals surface area contributed by atoms with Gasteiger partial charge in [-0.25, -0.2) is 4.79 Å². The molecule has 3 rings (SSSR count). The fourth-order valence-corrected chi connectivity index (χ4v) is 4.17. The second-order valence-electron chi connectivity index (χ2n) is 6.62. The number of carbonyl (C=O) groups excluding carboxylic acids is 1. The third-order valence-corrected chi connectivity index (χ3v) is 5.30. The summed E-state index contributed by atoms with van der Waals surface area (Å²) in [5, 5.41) is 0. The van der Waals surface area contributed by atoms with Gasteiger partial charge in [-0.1, -0.05) is 20.8 Å². The first-order valence-electron chi connectivity index (χ1n) is 9.34. The van der Waals surface area contributed by atoms with Crippen molar-refractivity contribution >= 4 is 24.7 Å². The number of esters is 1. The third kappa shape index (κ3) is 2.40. The Bertz CT molecular complexity index is 878. The quantitative estimate of drug-likeness (QED) is 0.587. The summed E-state index contributed by atoms with van der Waals surface area (Å²) in [7, 11) is 0. The molecule has 0 saturated heterocycles. The molecule has 0 aliphatic carbocycles. The molecular formula is C19H25BF2N2O2. The van der Waals surface area contributed by atoms with Gasteiger partial charge in [0.25, 0.3) is 0 Å². The second kappa shape index (κ2) is 6.52. The van der Waals surface area contributed by atoms with Crippen LogP contribution >= 0.6 is 0 Å². The highest BCUT2D eigenvalue weighted by Gasteiger charge is 2.55. The molecule has 0 radical (unpaired) electrons. The molecule has 4 nitrogen and oxygen atoms in total. The average molecular weight is 362 g/mol. The summed E-state index contributed by atoms with van der Waals surface area (Å²) in [6.45, 7) is 5.18. The highest BCUT2D eigenvalue weighted by atomic mass is 19.2. The Balaban J connectivity index is 2.31. The number of hydrogen-bond acceptors (Lipinski definition) is 2. The predicted molar refractivity (Wildman–Crippen MR) is 99.4 cm³/mol. The zero-order chi connectivity index (χ0) is 19.2. The maximum atomic E-state index is 15.6. The zero-order valence-corrected chi connectivity index (χ0v) is 16.0. The number of halogens is 2. The third-order valence-electron chi connectivity index (χ3n) is 5.30. The lowest BCUT2D eigenvalue weighted by Crippen LogP contribution is -2.51. The fraction of sp³-hybridized carbons (Fsp3) is 0.474. The molecule has 7 heteroatoms. The smallest absolute Gasteiger partial charge is 0.462 e. The summed E-state index contributed by atoms with van der Waals surface area (Å²) < 4.78 is 38.6. The van der Waals surface area contributed by atoms with Crippen LogP contribution in [0.1, 0.15) is 58.0 Å². The Labute approximate surface area is 152 Å². The van der Waals surface area contributed by atoms with E-state index >= 15 is 8.63 Å². The van der Waals surface area contributed by atoms with Crippen LogP contribution in [0.25, 0.3) is 6.08 Å². The van der Waals surface area contributed by atoms with Crippen molar-refractivity contribution in [3.8, 4) is 0 Å². The fourth-order valence-electron chi connectivity index (χ4n) is 4.17. The maximum Gasteiger partial charge on any atom is 0.737 e. The summed E-state index contributed by atoms with van der Waals surface area (Å²) in [4.78, 5) is 12.4. The minimum Gasteiger partial charge on any atom is -0.462 e. The lowest BCUT2D eigenvalue weighted by Gasteiger charge is -2.31. The van der Waals surface area contributed by atoms with Crippen LogP contribution in [0, 0.1) is 0 Å². The van der Waals surface area contributed by atoms with Crippen molar-refractivity contribution in [1.82, 2.24) is 4.48 Å². The van der Waals surface area contributed by atoms with Crippen molar-refractivity contribution < 1.29 is 22.6 Å². The Hall–Kier alpha value is -2.18. The van der Waals surface area contributed by atoms with E-state index in [4.69, 9.17) is 4.74 Å². The molecule has 1 aromatic heterocycles. The van der Waals surface area contributed by atoms with Crippen LogP contribution in [-0.4, -0.2) is 34.2 Å². The molecule has 26 heavy (non-hydrogen) atoms. The number of aryl methyl sites for hydroxylation is 2. The molecule has 0 saturated carbocycles. The Morgan fingerprint density at radius 1 is 1.19 bits per heavy atom. The molecule has 2 aliphatic heterocycles. The van der Waals surface area contributed by atoms with Gasteiger partial charge in [-0.3, -0.25) is 0 Å². The highest BCUT2D eigenvalue weighted by molar-refractivity contribution is 6.58. The van der Waals surface area contributed by atoms with Crippen LogP contribution in [0.5, 0.6) is 0 Å². The largest absolute Gasteiger partial charge is 0.737 e. The molecule has 2 aliphatic rings. The molecular weight excluding hydrogens is 337 g/mol. The standard InChI is InChI=1S/C19H25BF2N2O2/c1-6-13-10-14(7-2)24-16(13)11-17-15(8-3)18(19(25)26-9-4)12(5)23(17)20(24,21)22/h10-11H,6-9H2,1-5H3. The number of fused-ring (bicyclic) bond motifs is 2. The number of rotatable bonds is 5. The van der Waals surface area contributed by atoms with Crippen molar-refractivity contribution in [1.29, 1.82) is 0 Å². The van der Waals surface area contributed by atoms with E-state index in [0.29, 0.717) is 41.9 Å². The van der Waals surface area contributed by atoms with E-state index in [2.05, 4.69) is 0 Å². The van der Waals surface area contributed by atoms with Crippen molar-refractivity contribution in [2.75, 3.05) is 6.61 Å². The summed E-state index contributed by atoms with van der Waals surface area (Å²) in [5.41, 5.74) is 3.71. The normalized spacial score (nSPS) is 18.0. The first kappa shape index (κ1) is 18.6. The predicted octanol–water partition coefficient (Wildman–Crippen LogP) is 3.95. The maximum absolute atomic E-state index is 15.6. The molecule has 1 aromatic rings. The minimum absolute atomic E-state index is 0.215. The number of nitrogens with zero attached hydrogens (tertiary/aromatic N) is 2. The zero-order valence-electron chi connectivity index (χ0n) is 16.0. The Kier molecular flexibility index (Phi) is 4.67. The molecule has 0 bridgehead atoms. The van der Waals surface area contributed by atoms with Crippen LogP contribution in [0.4, 0.5) is 8.63 Å². The average Bonchev–Trinajstić information content (AvgIpc) is 3.10. The van der Waals surface area contributed by atoms with Crippen LogP contribution < -0.4 is 0 Å². The molecule has 0 spiro atoms. The number of allylic oxidation sites excluding steroid dienone is 1. The van der Waals surface area contributed by atoms with E-state index in [1.807, 2.05) is 32.9 Å². The Morgan fingerprint density at radius 2 is 1.88 bits per heavy atom. The SMILES string of the molecule is CCOC(=O)C1=C(CC)C2=Cc3c(CC)cc(CC)n3[B-](F)(F)[N+]2=C1C. The van der Waals surface area contributed by atoms with Gasteiger partial charge in [-0.15, -0.1) is 0 Å². The van der Waals surface area contributed by atoms with Gasteiger partial charge >= 0.3 is 12.9 Å². The number of aromatic nitrogens is 1. The van der Waals surface area contributed by atoms with Crippen molar-refractivity contribution in [2.24, 2.45) is 0 Å².